The third-order valence-corrected chi connectivity index (χ3v) is 4.98. The van der Waals surface area contributed by atoms with Crippen molar-refractivity contribution in [1.29, 1.82) is 0 Å². The molecule has 1 heterocycles. The van der Waals surface area contributed by atoms with Crippen molar-refractivity contribution in [2.75, 3.05) is 19.5 Å². The molecule has 1 saturated carbocycles. The van der Waals surface area contributed by atoms with E-state index in [1.807, 2.05) is 12.1 Å². The first kappa shape index (κ1) is 14.5. The molecule has 1 aromatic heterocycles. The van der Waals surface area contributed by atoms with Crippen molar-refractivity contribution < 1.29 is 9.47 Å². The molecule has 1 aromatic carbocycles. The van der Waals surface area contributed by atoms with Gasteiger partial charge < -0.3 is 14.8 Å². The van der Waals surface area contributed by atoms with Crippen molar-refractivity contribution in [3.05, 3.63) is 39.5 Å². The molecule has 1 aliphatic rings. The zero-order chi connectivity index (χ0) is 14.8. The van der Waals surface area contributed by atoms with Crippen molar-refractivity contribution >= 4 is 28.6 Å². The summed E-state index contributed by atoms with van der Waals surface area (Å²) in [6.45, 7) is 0. The molecule has 5 heteroatoms. The Balaban J connectivity index is 1.90. The zero-order valence-electron chi connectivity index (χ0n) is 12.1. The van der Waals surface area contributed by atoms with Gasteiger partial charge in [0.2, 0.25) is 0 Å². The van der Waals surface area contributed by atoms with Gasteiger partial charge in [-0.1, -0.05) is 17.7 Å². The number of ether oxygens (including phenoxy) is 2. The fraction of sp³-hybridized carbons (Fsp3) is 0.375. The fourth-order valence-corrected chi connectivity index (χ4v) is 3.57. The average Bonchev–Trinajstić information content (AvgIpc) is 3.19. The second-order valence-corrected chi connectivity index (χ2v) is 6.55. The quantitative estimate of drug-likeness (QED) is 0.813. The first-order chi connectivity index (χ1) is 10.2. The standard InChI is InChI=1S/C16H18ClNO2S/c1-19-13-9-14(20-2)12(8-11(13)17)18-16(10-5-6-10)15-4-3-7-21-15/h3-4,7-10,16,18H,5-6H2,1-2H3. The molecule has 3 rings (SSSR count). The summed E-state index contributed by atoms with van der Waals surface area (Å²) in [5.74, 6) is 2.06. The van der Waals surface area contributed by atoms with Gasteiger partial charge >= 0.3 is 0 Å². The van der Waals surface area contributed by atoms with E-state index in [1.165, 1.54) is 17.7 Å². The lowest BCUT2D eigenvalue weighted by Gasteiger charge is -2.21. The van der Waals surface area contributed by atoms with Crippen molar-refractivity contribution in [3.8, 4) is 11.5 Å². The van der Waals surface area contributed by atoms with Crippen molar-refractivity contribution in [1.82, 2.24) is 0 Å². The molecule has 1 N–H and O–H groups in total. The summed E-state index contributed by atoms with van der Waals surface area (Å²) in [6.07, 6.45) is 2.53. The SMILES string of the molecule is COc1cc(OC)c(NC(c2cccs2)C2CC2)cc1Cl. The van der Waals surface area contributed by atoms with Gasteiger partial charge in [0, 0.05) is 10.9 Å². The zero-order valence-corrected chi connectivity index (χ0v) is 13.6. The van der Waals surface area contributed by atoms with E-state index in [-0.39, 0.29) is 0 Å². The average molecular weight is 324 g/mol. The maximum atomic E-state index is 6.24. The molecular formula is C16H18ClNO2S. The van der Waals surface area contributed by atoms with Crippen LogP contribution in [0.3, 0.4) is 0 Å². The van der Waals surface area contributed by atoms with Gasteiger partial charge in [-0.25, -0.2) is 0 Å². The van der Waals surface area contributed by atoms with E-state index < -0.39 is 0 Å². The van der Waals surface area contributed by atoms with E-state index in [0.29, 0.717) is 22.7 Å². The minimum Gasteiger partial charge on any atom is -0.495 e. The minimum absolute atomic E-state index is 0.323. The number of thiophene rings is 1. The smallest absolute Gasteiger partial charge is 0.145 e. The topological polar surface area (TPSA) is 30.5 Å². The van der Waals surface area contributed by atoms with Gasteiger partial charge in [-0.3, -0.25) is 0 Å². The van der Waals surface area contributed by atoms with Gasteiger partial charge in [-0.2, -0.15) is 0 Å². The van der Waals surface area contributed by atoms with Crippen LogP contribution in [-0.2, 0) is 0 Å². The number of rotatable bonds is 6. The Morgan fingerprint density at radius 3 is 2.57 bits per heavy atom. The van der Waals surface area contributed by atoms with E-state index >= 15 is 0 Å². The van der Waals surface area contributed by atoms with Gasteiger partial charge in [0.15, 0.2) is 0 Å². The van der Waals surface area contributed by atoms with Crippen LogP contribution in [0.15, 0.2) is 29.6 Å². The van der Waals surface area contributed by atoms with Crippen molar-refractivity contribution in [3.63, 3.8) is 0 Å². The fourth-order valence-electron chi connectivity index (χ4n) is 2.46. The molecule has 1 unspecified atom stereocenters. The molecule has 0 aliphatic heterocycles. The third kappa shape index (κ3) is 3.11. The minimum atomic E-state index is 0.323. The van der Waals surface area contributed by atoms with Gasteiger partial charge in [-0.05, 0) is 36.3 Å². The highest BCUT2D eigenvalue weighted by Gasteiger charge is 2.33. The van der Waals surface area contributed by atoms with Gasteiger partial charge in [0.25, 0.3) is 0 Å². The molecule has 1 fully saturated rings. The second-order valence-electron chi connectivity index (χ2n) is 5.16. The Morgan fingerprint density at radius 1 is 1.24 bits per heavy atom. The van der Waals surface area contributed by atoms with Crippen molar-refractivity contribution in [2.45, 2.75) is 18.9 Å². The molecule has 2 aromatic rings. The number of nitrogens with one attached hydrogen (secondary N) is 1. The van der Waals surface area contributed by atoms with Crippen LogP contribution in [0.25, 0.3) is 0 Å². The first-order valence-electron chi connectivity index (χ1n) is 6.94. The number of anilines is 1. The van der Waals surface area contributed by atoms with Crippen LogP contribution < -0.4 is 14.8 Å². The maximum Gasteiger partial charge on any atom is 0.145 e. The summed E-state index contributed by atoms with van der Waals surface area (Å²) in [5.41, 5.74) is 0.911. The lowest BCUT2D eigenvalue weighted by atomic mass is 10.1. The summed E-state index contributed by atoms with van der Waals surface area (Å²) >= 11 is 8.03. The highest BCUT2D eigenvalue weighted by Crippen LogP contribution is 2.46. The Kier molecular flexibility index (Phi) is 4.27. The Labute approximate surface area is 133 Å². The van der Waals surface area contributed by atoms with Crippen LogP contribution in [0.5, 0.6) is 11.5 Å². The van der Waals surface area contributed by atoms with Crippen LogP contribution in [-0.4, -0.2) is 14.2 Å². The molecule has 1 aliphatic carbocycles. The molecule has 1 atom stereocenters. The van der Waals surface area contributed by atoms with Crippen molar-refractivity contribution in [2.24, 2.45) is 5.92 Å². The predicted molar refractivity (Wildman–Crippen MR) is 88.0 cm³/mol. The number of halogens is 1. The van der Waals surface area contributed by atoms with Gasteiger partial charge in [0.1, 0.15) is 11.5 Å². The van der Waals surface area contributed by atoms with E-state index in [2.05, 4.69) is 22.8 Å². The molecule has 3 nitrogen and oxygen atoms in total. The van der Waals surface area contributed by atoms with Crippen LogP contribution in [0.1, 0.15) is 23.8 Å². The summed E-state index contributed by atoms with van der Waals surface area (Å²) in [7, 11) is 3.26. The predicted octanol–water partition coefficient (Wildman–Crippen LogP) is 4.98. The van der Waals surface area contributed by atoms with Crippen LogP contribution >= 0.6 is 22.9 Å². The van der Waals surface area contributed by atoms with Gasteiger partial charge in [0.05, 0.1) is 31.0 Å². The molecule has 0 amide bonds. The maximum absolute atomic E-state index is 6.24. The molecule has 0 radical (unpaired) electrons. The molecule has 112 valence electrons. The van der Waals surface area contributed by atoms with Crippen LogP contribution in [0, 0.1) is 5.92 Å². The lowest BCUT2D eigenvalue weighted by Crippen LogP contribution is -2.12. The summed E-state index contributed by atoms with van der Waals surface area (Å²) < 4.78 is 10.7. The monoisotopic (exact) mass is 323 g/mol. The van der Waals surface area contributed by atoms with E-state index in [4.69, 9.17) is 21.1 Å². The second kappa shape index (κ2) is 6.16. The highest BCUT2D eigenvalue weighted by atomic mass is 35.5. The number of hydrogen-bond donors (Lipinski definition) is 1. The normalized spacial score (nSPS) is 15.6. The first-order valence-corrected chi connectivity index (χ1v) is 8.20. The lowest BCUT2D eigenvalue weighted by molar-refractivity contribution is 0.395. The highest BCUT2D eigenvalue weighted by molar-refractivity contribution is 7.10. The Bertz CT molecular complexity index is 611. The summed E-state index contributed by atoms with van der Waals surface area (Å²) in [4.78, 5) is 1.35. The van der Waals surface area contributed by atoms with E-state index in [9.17, 15) is 0 Å². The number of hydrogen-bond acceptors (Lipinski definition) is 4. The summed E-state index contributed by atoms with van der Waals surface area (Å²) in [6, 6.07) is 8.29. The number of benzene rings is 1. The molecule has 0 spiro atoms. The molecule has 0 saturated heterocycles. The summed E-state index contributed by atoms with van der Waals surface area (Å²) in [5, 5.41) is 6.30. The Hall–Kier alpha value is -1.39. The van der Waals surface area contributed by atoms with Gasteiger partial charge in [-0.15, -0.1) is 11.3 Å². The largest absolute Gasteiger partial charge is 0.495 e. The third-order valence-electron chi connectivity index (χ3n) is 3.73. The number of methoxy groups -OCH3 is 2. The van der Waals surface area contributed by atoms with E-state index in [1.54, 1.807) is 25.6 Å². The Morgan fingerprint density at radius 2 is 2.00 bits per heavy atom. The molecular weight excluding hydrogens is 306 g/mol. The van der Waals surface area contributed by atoms with Crippen LogP contribution in [0.4, 0.5) is 5.69 Å². The van der Waals surface area contributed by atoms with E-state index in [0.717, 1.165) is 11.4 Å². The molecule has 21 heavy (non-hydrogen) atoms. The van der Waals surface area contributed by atoms with Crippen LogP contribution in [0.2, 0.25) is 5.02 Å². The molecule has 0 bridgehead atoms.